The molecular weight excluding hydrogens is 338 g/mol. The van der Waals surface area contributed by atoms with E-state index >= 15 is 0 Å². The topological polar surface area (TPSA) is 98.2 Å². The van der Waals surface area contributed by atoms with Crippen LogP contribution in [0.3, 0.4) is 0 Å². The van der Waals surface area contributed by atoms with Crippen molar-refractivity contribution in [3.8, 4) is 5.75 Å². The van der Waals surface area contributed by atoms with Gasteiger partial charge in [-0.05, 0) is 36.7 Å². The van der Waals surface area contributed by atoms with Crippen molar-refractivity contribution in [1.29, 1.82) is 0 Å². The van der Waals surface area contributed by atoms with E-state index in [1.54, 1.807) is 6.92 Å². The molecule has 1 heterocycles. The van der Waals surface area contributed by atoms with E-state index in [-0.39, 0.29) is 22.9 Å². The van der Waals surface area contributed by atoms with E-state index in [4.69, 9.17) is 15.4 Å². The van der Waals surface area contributed by atoms with Gasteiger partial charge in [-0.25, -0.2) is 8.42 Å². The van der Waals surface area contributed by atoms with Crippen LogP contribution in [0.1, 0.15) is 16.6 Å². The predicted molar refractivity (Wildman–Crippen MR) is 78.5 cm³/mol. The lowest BCUT2D eigenvalue weighted by Crippen LogP contribution is -2.11. The zero-order chi connectivity index (χ0) is 15.5. The molecule has 21 heavy (non-hydrogen) atoms. The van der Waals surface area contributed by atoms with Crippen LogP contribution in [0.15, 0.2) is 29.3 Å². The molecule has 0 unspecified atom stereocenters. The van der Waals surface area contributed by atoms with E-state index in [9.17, 15) is 13.2 Å². The molecule has 1 aromatic carbocycles. The highest BCUT2D eigenvalue weighted by Gasteiger charge is 2.19. The van der Waals surface area contributed by atoms with Crippen LogP contribution < -0.4 is 10.1 Å². The Labute approximate surface area is 129 Å². The van der Waals surface area contributed by atoms with E-state index < -0.39 is 15.0 Å². The number of nitrogens with zero attached hydrogens (tertiary/aromatic N) is 2. The van der Waals surface area contributed by atoms with Crippen LogP contribution in [0.2, 0.25) is 0 Å². The maximum atomic E-state index is 11.9. The molecule has 0 aliphatic carbocycles. The van der Waals surface area contributed by atoms with Crippen LogP contribution in [0.5, 0.6) is 5.75 Å². The van der Waals surface area contributed by atoms with Gasteiger partial charge in [0.05, 0.1) is 12.8 Å². The Morgan fingerprint density at radius 2 is 2.24 bits per heavy atom. The van der Waals surface area contributed by atoms with Crippen LogP contribution in [-0.2, 0) is 9.05 Å². The smallest absolute Gasteiger partial charge is 0.269 e. The van der Waals surface area contributed by atoms with Crippen molar-refractivity contribution in [3.05, 3.63) is 29.3 Å². The maximum Gasteiger partial charge on any atom is 0.269 e. The van der Waals surface area contributed by atoms with Crippen LogP contribution in [0, 0.1) is 0 Å². The van der Waals surface area contributed by atoms with Crippen molar-refractivity contribution < 1.29 is 17.9 Å². The number of hydrogen-bond donors (Lipinski definition) is 1. The number of ether oxygens (including phenoxy) is 1. The molecule has 0 atom stereocenters. The summed E-state index contributed by atoms with van der Waals surface area (Å²) in [5.74, 6) is -0.308. The van der Waals surface area contributed by atoms with Gasteiger partial charge in [0.1, 0.15) is 15.5 Å². The fourth-order valence-electron chi connectivity index (χ4n) is 1.51. The number of carbonyl (C=O) groups is 1. The van der Waals surface area contributed by atoms with E-state index in [0.717, 1.165) is 11.5 Å². The number of anilines is 1. The predicted octanol–water partition coefficient (Wildman–Crippen LogP) is 2.12. The number of hydrogen-bond acceptors (Lipinski definition) is 7. The average Bonchev–Trinajstić information content (AvgIpc) is 2.93. The lowest BCUT2D eigenvalue weighted by molar-refractivity contribution is 0.103. The highest BCUT2D eigenvalue weighted by Crippen LogP contribution is 2.30. The van der Waals surface area contributed by atoms with Gasteiger partial charge in [0.15, 0.2) is 0 Å². The Hall–Kier alpha value is -1.71. The van der Waals surface area contributed by atoms with Gasteiger partial charge < -0.3 is 10.1 Å². The number of nitrogens with one attached hydrogen (secondary N) is 1. The molecule has 0 saturated heterocycles. The zero-order valence-electron chi connectivity index (χ0n) is 10.7. The third-order valence-corrected chi connectivity index (χ3v) is 4.36. The summed E-state index contributed by atoms with van der Waals surface area (Å²) in [4.78, 5) is 12.0. The largest absolute Gasteiger partial charge is 0.492 e. The first-order valence-corrected chi connectivity index (χ1v) is 8.80. The second-order valence-electron chi connectivity index (χ2n) is 3.77. The van der Waals surface area contributed by atoms with Gasteiger partial charge in [-0.3, -0.25) is 4.79 Å². The third kappa shape index (κ3) is 3.90. The first-order valence-electron chi connectivity index (χ1n) is 5.72. The SMILES string of the molecule is CCOc1ccc(NC(=O)c2cnns2)cc1S(=O)(=O)Cl. The first-order chi connectivity index (χ1) is 9.91. The minimum Gasteiger partial charge on any atom is -0.492 e. The van der Waals surface area contributed by atoms with Crippen LogP contribution in [0.25, 0.3) is 0 Å². The Bertz CT molecular complexity index is 747. The van der Waals surface area contributed by atoms with E-state index in [1.165, 1.54) is 24.4 Å². The molecule has 10 heteroatoms. The number of rotatable bonds is 5. The van der Waals surface area contributed by atoms with Gasteiger partial charge in [-0.2, -0.15) is 0 Å². The second-order valence-corrected chi connectivity index (χ2v) is 7.09. The number of aromatic nitrogens is 2. The third-order valence-electron chi connectivity index (χ3n) is 2.35. The van der Waals surface area contributed by atoms with Gasteiger partial charge >= 0.3 is 0 Å². The molecule has 2 rings (SSSR count). The minimum absolute atomic E-state index is 0.130. The molecule has 0 aliphatic heterocycles. The van der Waals surface area contributed by atoms with Crippen molar-refractivity contribution in [2.24, 2.45) is 0 Å². The van der Waals surface area contributed by atoms with Crippen molar-refractivity contribution >= 4 is 42.9 Å². The number of carbonyl (C=O) groups excluding carboxylic acids is 1. The molecule has 0 radical (unpaired) electrons. The summed E-state index contributed by atoms with van der Waals surface area (Å²) < 4.78 is 31.9. The number of halogens is 1. The molecule has 1 amide bonds. The minimum atomic E-state index is -3.99. The summed E-state index contributed by atoms with van der Waals surface area (Å²) >= 11 is 0.929. The molecular formula is C11H10ClN3O4S2. The molecule has 0 saturated carbocycles. The molecule has 1 aromatic heterocycles. The molecule has 0 aliphatic rings. The first kappa shape index (κ1) is 15.7. The Kier molecular flexibility index (Phi) is 4.76. The molecule has 7 nitrogen and oxygen atoms in total. The molecule has 2 aromatic rings. The number of amides is 1. The van der Waals surface area contributed by atoms with E-state index in [1.807, 2.05) is 0 Å². The van der Waals surface area contributed by atoms with E-state index in [0.29, 0.717) is 4.88 Å². The van der Waals surface area contributed by atoms with Crippen molar-refractivity contribution in [3.63, 3.8) is 0 Å². The van der Waals surface area contributed by atoms with Crippen molar-refractivity contribution in [2.75, 3.05) is 11.9 Å². The summed E-state index contributed by atoms with van der Waals surface area (Å²) in [7, 11) is 1.38. The summed E-state index contributed by atoms with van der Waals surface area (Å²) in [5.41, 5.74) is 0.274. The Balaban J connectivity index is 2.32. The normalized spacial score (nSPS) is 11.1. The highest BCUT2D eigenvalue weighted by molar-refractivity contribution is 8.13. The van der Waals surface area contributed by atoms with E-state index in [2.05, 4.69) is 14.9 Å². The fraction of sp³-hybridized carbons (Fsp3) is 0.182. The van der Waals surface area contributed by atoms with Gasteiger partial charge in [-0.1, -0.05) is 4.49 Å². The van der Waals surface area contributed by atoms with Gasteiger partial charge in [-0.15, -0.1) is 5.10 Å². The van der Waals surface area contributed by atoms with Gasteiger partial charge in [0.2, 0.25) is 0 Å². The quantitative estimate of drug-likeness (QED) is 0.832. The van der Waals surface area contributed by atoms with Gasteiger partial charge in [0.25, 0.3) is 15.0 Å². The van der Waals surface area contributed by atoms with Crippen LogP contribution in [-0.4, -0.2) is 30.5 Å². The highest BCUT2D eigenvalue weighted by atomic mass is 35.7. The summed E-state index contributed by atoms with van der Waals surface area (Å²) in [5, 5.41) is 6.09. The molecule has 112 valence electrons. The average molecular weight is 348 g/mol. The van der Waals surface area contributed by atoms with Crippen LogP contribution >= 0.6 is 22.2 Å². The maximum absolute atomic E-state index is 11.9. The lowest BCUT2D eigenvalue weighted by atomic mass is 10.3. The standard InChI is InChI=1S/C11H10ClN3O4S2/c1-2-19-8-4-3-7(5-10(8)21(12,17)18)14-11(16)9-6-13-15-20-9/h3-6H,2H2,1H3,(H,14,16). The Morgan fingerprint density at radius 3 is 2.81 bits per heavy atom. The molecule has 0 bridgehead atoms. The summed E-state index contributed by atoms with van der Waals surface area (Å²) in [6.07, 6.45) is 1.31. The van der Waals surface area contributed by atoms with Gasteiger partial charge in [0, 0.05) is 16.4 Å². The molecule has 0 fully saturated rings. The fourth-order valence-corrected chi connectivity index (χ4v) is 2.92. The summed E-state index contributed by atoms with van der Waals surface area (Å²) in [6.45, 7) is 2.01. The zero-order valence-corrected chi connectivity index (χ0v) is 13.1. The Morgan fingerprint density at radius 1 is 1.48 bits per heavy atom. The monoisotopic (exact) mass is 347 g/mol. The summed E-state index contributed by atoms with van der Waals surface area (Å²) in [6, 6.07) is 4.18. The van der Waals surface area contributed by atoms with Crippen LogP contribution in [0.4, 0.5) is 5.69 Å². The van der Waals surface area contributed by atoms with Crippen molar-refractivity contribution in [1.82, 2.24) is 9.59 Å². The van der Waals surface area contributed by atoms with Crippen molar-refractivity contribution in [2.45, 2.75) is 11.8 Å². The number of benzene rings is 1. The lowest BCUT2D eigenvalue weighted by Gasteiger charge is -2.10. The molecule has 0 spiro atoms. The second kappa shape index (κ2) is 6.37. The molecule has 1 N–H and O–H groups in total.